The van der Waals surface area contributed by atoms with Crippen molar-refractivity contribution in [1.29, 1.82) is 0 Å². The number of carbonyl (C=O) groups is 7. The highest BCUT2D eigenvalue weighted by Gasteiger charge is 2.35. The number of ether oxygens (including phenoxy) is 1. The van der Waals surface area contributed by atoms with Gasteiger partial charge in [0.05, 0.1) is 19.2 Å². The maximum Gasteiger partial charge on any atom is 0.407 e. The van der Waals surface area contributed by atoms with Crippen molar-refractivity contribution in [2.75, 3.05) is 13.2 Å². The van der Waals surface area contributed by atoms with Crippen LogP contribution < -0.4 is 26.6 Å². The highest BCUT2D eigenvalue weighted by Crippen LogP contribution is 2.27. The molecule has 0 aliphatic heterocycles. The van der Waals surface area contributed by atoms with Gasteiger partial charge in [0.1, 0.15) is 18.1 Å². The lowest BCUT2D eigenvalue weighted by Crippen LogP contribution is -2.58. The molecule has 1 fully saturated rings. The summed E-state index contributed by atoms with van der Waals surface area (Å²) in [7, 11) is 0. The Morgan fingerprint density at radius 3 is 2.02 bits per heavy atom. The number of alkyl carbamates (subject to hydrolysis) is 1. The molecule has 260 valence electrons. The number of hydrogen-bond acceptors (Lipinski definition) is 8. The average Bonchev–Trinajstić information content (AvgIpc) is 3.00. The summed E-state index contributed by atoms with van der Waals surface area (Å²) >= 11 is 0. The number of carboxylic acid groups (broad SMARTS) is 1. The number of carboxylic acids is 1. The van der Waals surface area contributed by atoms with Crippen LogP contribution in [-0.2, 0) is 33.5 Å². The molecule has 4 atom stereocenters. The zero-order valence-electron chi connectivity index (χ0n) is 27.8. The highest BCUT2D eigenvalue weighted by atomic mass is 16.5. The lowest BCUT2D eigenvalue weighted by molar-refractivity contribution is -0.142. The van der Waals surface area contributed by atoms with Gasteiger partial charge in [-0.25, -0.2) is 9.59 Å². The number of carbonyl (C=O) groups excluding carboxylic acids is 6. The summed E-state index contributed by atoms with van der Waals surface area (Å²) in [4.78, 5) is 88.7. The molecule has 1 unspecified atom stereocenters. The van der Waals surface area contributed by atoms with Crippen LogP contribution in [0.4, 0.5) is 4.79 Å². The molecule has 14 nitrogen and oxygen atoms in total. The number of amides is 5. The molecule has 1 aliphatic rings. The average molecular weight is 652 g/mol. The number of ketones is 1. The van der Waals surface area contributed by atoms with Crippen LogP contribution in [0.3, 0.4) is 0 Å². The molecule has 14 heteroatoms. The van der Waals surface area contributed by atoms with E-state index in [0.29, 0.717) is 6.42 Å². The molecule has 1 rings (SSSR count). The Balaban J connectivity index is 3.00. The first-order chi connectivity index (χ1) is 21.7. The van der Waals surface area contributed by atoms with E-state index in [4.69, 9.17) is 9.84 Å². The summed E-state index contributed by atoms with van der Waals surface area (Å²) < 4.78 is 5.26. The molecule has 0 bridgehead atoms. The topological polar surface area (TPSA) is 209 Å². The summed E-state index contributed by atoms with van der Waals surface area (Å²) in [6.07, 6.45) is 5.65. The molecule has 0 saturated heterocycles. The molecule has 0 aromatic heterocycles. The van der Waals surface area contributed by atoms with Crippen LogP contribution >= 0.6 is 0 Å². The molecular weight excluding hydrogens is 598 g/mol. The van der Waals surface area contributed by atoms with Crippen LogP contribution in [-0.4, -0.2) is 83.9 Å². The van der Waals surface area contributed by atoms with E-state index in [1.165, 1.54) is 6.08 Å². The zero-order valence-corrected chi connectivity index (χ0v) is 27.8. The smallest absolute Gasteiger partial charge is 0.407 e. The van der Waals surface area contributed by atoms with Gasteiger partial charge in [-0.2, -0.15) is 0 Å². The van der Waals surface area contributed by atoms with Crippen LogP contribution in [0.5, 0.6) is 0 Å². The molecule has 1 aliphatic carbocycles. The summed E-state index contributed by atoms with van der Waals surface area (Å²) in [5.41, 5.74) is 0. The summed E-state index contributed by atoms with van der Waals surface area (Å²) in [5.74, 6) is -5.49. The van der Waals surface area contributed by atoms with Crippen LogP contribution in [0.25, 0.3) is 0 Å². The van der Waals surface area contributed by atoms with E-state index in [1.807, 2.05) is 27.7 Å². The number of hydrogen-bond donors (Lipinski definition) is 6. The SMILES string of the molecule is C=CC[C@H](NC(=O)CNC(=O)C(=O)C(CCC)NC(=O)[C@H](CC(C)C)NC(=O)[C@@H](NC(=O)OCC(C)C)C1CCCCC1)C(=O)O. The molecule has 0 heterocycles. The van der Waals surface area contributed by atoms with Gasteiger partial charge >= 0.3 is 12.1 Å². The fourth-order valence-corrected chi connectivity index (χ4v) is 5.11. The minimum absolute atomic E-state index is 0.0354. The van der Waals surface area contributed by atoms with Gasteiger partial charge in [0.15, 0.2) is 0 Å². The van der Waals surface area contributed by atoms with Crippen molar-refractivity contribution < 1.29 is 43.4 Å². The van der Waals surface area contributed by atoms with Crippen molar-refractivity contribution in [2.24, 2.45) is 17.8 Å². The first-order valence-electron chi connectivity index (χ1n) is 16.2. The van der Waals surface area contributed by atoms with E-state index in [2.05, 4.69) is 33.2 Å². The molecule has 0 aromatic carbocycles. The van der Waals surface area contributed by atoms with Crippen LogP contribution in [0.1, 0.15) is 92.4 Å². The van der Waals surface area contributed by atoms with Crippen molar-refractivity contribution >= 4 is 41.5 Å². The van der Waals surface area contributed by atoms with E-state index < -0.39 is 72.2 Å². The van der Waals surface area contributed by atoms with Gasteiger partial charge in [0.2, 0.25) is 23.5 Å². The number of nitrogens with one attached hydrogen (secondary N) is 5. The number of rotatable bonds is 20. The largest absolute Gasteiger partial charge is 0.480 e. The fourth-order valence-electron chi connectivity index (χ4n) is 5.11. The highest BCUT2D eigenvalue weighted by molar-refractivity contribution is 6.38. The Bertz CT molecular complexity index is 1070. The standard InChI is InChI=1S/C32H53N5O9/c1-7-12-22(27(39)30(42)33-17-25(38)34-23(13-8-2)31(43)44)35-28(40)24(16-19(3)4)36-29(41)26(21-14-10-9-11-15-21)37-32(45)46-18-20(5)6/h8,19-24,26H,2,7,9-18H2,1,3-6H3,(H,33,42)(H,34,38)(H,35,40)(H,36,41)(H,37,45)(H,43,44)/t22?,23-,24-,26-/m0/s1. The maximum absolute atomic E-state index is 13.6. The van der Waals surface area contributed by atoms with E-state index >= 15 is 0 Å². The van der Waals surface area contributed by atoms with Crippen LogP contribution in [0.15, 0.2) is 12.7 Å². The van der Waals surface area contributed by atoms with Crippen molar-refractivity contribution in [3.05, 3.63) is 12.7 Å². The van der Waals surface area contributed by atoms with Gasteiger partial charge in [0, 0.05) is 0 Å². The quantitative estimate of drug-likeness (QED) is 0.0838. The van der Waals surface area contributed by atoms with E-state index in [-0.39, 0.29) is 43.6 Å². The lowest BCUT2D eigenvalue weighted by atomic mass is 9.83. The molecule has 46 heavy (non-hydrogen) atoms. The molecule has 0 radical (unpaired) electrons. The minimum atomic E-state index is -1.28. The first-order valence-corrected chi connectivity index (χ1v) is 16.2. The maximum atomic E-state index is 13.6. The Labute approximate surface area is 271 Å². The molecule has 0 aromatic rings. The Morgan fingerprint density at radius 2 is 1.48 bits per heavy atom. The summed E-state index contributed by atoms with van der Waals surface area (Å²) in [5, 5.41) is 21.6. The lowest BCUT2D eigenvalue weighted by Gasteiger charge is -2.31. The Morgan fingerprint density at radius 1 is 0.848 bits per heavy atom. The van der Waals surface area contributed by atoms with Gasteiger partial charge in [-0.05, 0) is 49.9 Å². The fraction of sp³-hybridized carbons (Fsp3) is 0.719. The van der Waals surface area contributed by atoms with Crippen molar-refractivity contribution in [1.82, 2.24) is 26.6 Å². The second kappa shape index (κ2) is 20.9. The third kappa shape index (κ3) is 14.9. The summed E-state index contributed by atoms with van der Waals surface area (Å²) in [6, 6.07) is -4.46. The normalized spacial score (nSPS) is 15.9. The zero-order chi connectivity index (χ0) is 34.8. The minimum Gasteiger partial charge on any atom is -0.480 e. The van der Waals surface area contributed by atoms with Gasteiger partial charge in [0.25, 0.3) is 5.91 Å². The number of aliphatic carboxylic acids is 1. The monoisotopic (exact) mass is 651 g/mol. The predicted octanol–water partition coefficient (Wildman–Crippen LogP) is 1.96. The molecule has 5 amide bonds. The van der Waals surface area contributed by atoms with Gasteiger partial charge in [-0.3, -0.25) is 24.0 Å². The van der Waals surface area contributed by atoms with Gasteiger partial charge < -0.3 is 36.4 Å². The van der Waals surface area contributed by atoms with Gasteiger partial charge in [-0.15, -0.1) is 6.58 Å². The second-order valence-electron chi connectivity index (χ2n) is 12.6. The Kier molecular flexibility index (Phi) is 18.2. The molecular formula is C32H53N5O9. The van der Waals surface area contributed by atoms with E-state index in [0.717, 1.165) is 32.1 Å². The van der Waals surface area contributed by atoms with E-state index in [9.17, 15) is 33.6 Å². The summed E-state index contributed by atoms with van der Waals surface area (Å²) in [6.45, 7) is 12.3. The number of Topliss-reactive ketones (excluding diaryl/α,β-unsaturated/α-hetero) is 1. The second-order valence-corrected chi connectivity index (χ2v) is 12.6. The van der Waals surface area contributed by atoms with Gasteiger partial charge in [-0.1, -0.05) is 66.4 Å². The van der Waals surface area contributed by atoms with Crippen molar-refractivity contribution in [3.8, 4) is 0 Å². The molecule has 1 saturated carbocycles. The predicted molar refractivity (Wildman–Crippen MR) is 170 cm³/mol. The van der Waals surface area contributed by atoms with Crippen molar-refractivity contribution in [3.63, 3.8) is 0 Å². The van der Waals surface area contributed by atoms with Crippen LogP contribution in [0.2, 0.25) is 0 Å². The molecule has 0 spiro atoms. The third-order valence-corrected chi connectivity index (χ3v) is 7.44. The molecule has 6 N–H and O–H groups in total. The van der Waals surface area contributed by atoms with E-state index in [1.54, 1.807) is 6.92 Å². The third-order valence-electron chi connectivity index (χ3n) is 7.44. The van der Waals surface area contributed by atoms with Crippen LogP contribution in [0, 0.1) is 17.8 Å². The van der Waals surface area contributed by atoms with Crippen molar-refractivity contribution in [2.45, 2.75) is 117 Å². The Hall–Kier alpha value is -3.97. The first kappa shape index (κ1) is 40.1.